The fourth-order valence-electron chi connectivity index (χ4n) is 1.00. The lowest BCUT2D eigenvalue weighted by molar-refractivity contribution is 0.129. The van der Waals surface area contributed by atoms with Crippen LogP contribution in [-0.4, -0.2) is 13.3 Å². The smallest absolute Gasteiger partial charge is 0.145 e. The van der Waals surface area contributed by atoms with Crippen LogP contribution in [-0.2, 0) is 11.4 Å². The Kier molecular flexibility index (Phi) is 3.82. The van der Waals surface area contributed by atoms with Crippen LogP contribution in [0.15, 0.2) is 29.4 Å². The van der Waals surface area contributed by atoms with E-state index in [1.165, 1.54) is 0 Å². The third kappa shape index (κ3) is 2.78. The monoisotopic (exact) mass is 179 g/mol. The maximum absolute atomic E-state index is 5.14. The summed E-state index contributed by atoms with van der Waals surface area (Å²) in [6.45, 7) is 2.25. The zero-order chi connectivity index (χ0) is 9.52. The number of rotatable bonds is 4. The highest BCUT2D eigenvalue weighted by atomic mass is 16.6. The number of para-hydroxylation sites is 1. The quantitative estimate of drug-likeness (QED) is 0.524. The Bertz CT molecular complexity index is 284. The molecule has 3 heteroatoms. The fraction of sp³-hybridized carbons (Fsp3) is 0.300. The SMILES string of the molecule is CC=NOCc1ccccc1OC. The molecule has 0 saturated heterocycles. The molecule has 0 spiro atoms. The molecule has 0 aliphatic carbocycles. The van der Waals surface area contributed by atoms with Crippen LogP contribution in [0, 0.1) is 0 Å². The summed E-state index contributed by atoms with van der Waals surface area (Å²) < 4.78 is 5.14. The average Bonchev–Trinajstić information content (AvgIpc) is 2.19. The summed E-state index contributed by atoms with van der Waals surface area (Å²) >= 11 is 0. The van der Waals surface area contributed by atoms with Gasteiger partial charge < -0.3 is 9.57 Å². The molecule has 0 atom stereocenters. The van der Waals surface area contributed by atoms with Crippen molar-refractivity contribution in [2.45, 2.75) is 13.5 Å². The van der Waals surface area contributed by atoms with Gasteiger partial charge in [-0.15, -0.1) is 0 Å². The molecule has 1 rings (SSSR count). The molecule has 0 unspecified atom stereocenters. The topological polar surface area (TPSA) is 30.8 Å². The average molecular weight is 179 g/mol. The van der Waals surface area contributed by atoms with Crippen LogP contribution >= 0.6 is 0 Å². The highest BCUT2D eigenvalue weighted by molar-refractivity contribution is 5.52. The molecule has 1 aromatic rings. The van der Waals surface area contributed by atoms with Gasteiger partial charge in [-0.25, -0.2) is 0 Å². The molecule has 1 aromatic carbocycles. The first-order valence-electron chi connectivity index (χ1n) is 4.10. The molecule has 0 bridgehead atoms. The third-order valence-corrected chi connectivity index (χ3v) is 1.59. The van der Waals surface area contributed by atoms with Gasteiger partial charge in [-0.3, -0.25) is 0 Å². The van der Waals surface area contributed by atoms with E-state index < -0.39 is 0 Å². The maximum Gasteiger partial charge on any atom is 0.145 e. The third-order valence-electron chi connectivity index (χ3n) is 1.59. The van der Waals surface area contributed by atoms with Crippen LogP contribution in [0.2, 0.25) is 0 Å². The van der Waals surface area contributed by atoms with Crippen LogP contribution in [0.4, 0.5) is 0 Å². The number of benzene rings is 1. The molecule has 0 saturated carbocycles. The van der Waals surface area contributed by atoms with Crippen LogP contribution < -0.4 is 4.74 Å². The van der Waals surface area contributed by atoms with Gasteiger partial charge in [-0.2, -0.15) is 0 Å². The summed E-state index contributed by atoms with van der Waals surface area (Å²) in [5.41, 5.74) is 0.996. The van der Waals surface area contributed by atoms with Crippen molar-refractivity contribution in [3.05, 3.63) is 29.8 Å². The van der Waals surface area contributed by atoms with E-state index >= 15 is 0 Å². The number of hydrogen-bond donors (Lipinski definition) is 0. The summed E-state index contributed by atoms with van der Waals surface area (Å²) in [6, 6.07) is 7.71. The molecule has 70 valence electrons. The number of nitrogens with zero attached hydrogens (tertiary/aromatic N) is 1. The van der Waals surface area contributed by atoms with E-state index in [1.807, 2.05) is 31.2 Å². The molecular weight excluding hydrogens is 166 g/mol. The lowest BCUT2D eigenvalue weighted by Gasteiger charge is -2.05. The number of oxime groups is 1. The van der Waals surface area contributed by atoms with Crippen molar-refractivity contribution < 1.29 is 9.57 Å². The van der Waals surface area contributed by atoms with Crippen LogP contribution in [0.3, 0.4) is 0 Å². The molecule has 0 aliphatic heterocycles. The number of methoxy groups -OCH3 is 1. The molecule has 0 N–H and O–H groups in total. The normalized spacial score (nSPS) is 10.3. The Morgan fingerprint density at radius 1 is 1.38 bits per heavy atom. The van der Waals surface area contributed by atoms with Gasteiger partial charge in [0.2, 0.25) is 0 Å². The predicted octanol–water partition coefficient (Wildman–Crippen LogP) is 2.22. The number of ether oxygens (including phenoxy) is 1. The summed E-state index contributed by atoms with van der Waals surface area (Å²) in [5, 5.41) is 3.66. The molecule has 0 heterocycles. The van der Waals surface area contributed by atoms with Crippen LogP contribution in [0.1, 0.15) is 12.5 Å². The molecule has 0 fully saturated rings. The standard InChI is InChI=1S/C10H13NO2/c1-3-11-13-8-9-6-4-5-7-10(9)12-2/h3-7H,8H2,1-2H3. The Balaban J connectivity index is 2.64. The van der Waals surface area contributed by atoms with Gasteiger partial charge in [-0.1, -0.05) is 23.4 Å². The second-order valence-electron chi connectivity index (χ2n) is 2.45. The minimum Gasteiger partial charge on any atom is -0.496 e. The van der Waals surface area contributed by atoms with Gasteiger partial charge in [-0.05, 0) is 13.0 Å². The lowest BCUT2D eigenvalue weighted by Crippen LogP contribution is -1.92. The van der Waals surface area contributed by atoms with E-state index in [0.717, 1.165) is 11.3 Å². The molecule has 0 amide bonds. The van der Waals surface area contributed by atoms with Gasteiger partial charge in [0.1, 0.15) is 12.4 Å². The van der Waals surface area contributed by atoms with Gasteiger partial charge in [0.15, 0.2) is 0 Å². The van der Waals surface area contributed by atoms with E-state index in [2.05, 4.69) is 5.16 Å². The minimum absolute atomic E-state index is 0.439. The highest BCUT2D eigenvalue weighted by Gasteiger charge is 2.00. The zero-order valence-corrected chi connectivity index (χ0v) is 7.86. The first-order chi connectivity index (χ1) is 6.38. The van der Waals surface area contributed by atoms with Gasteiger partial charge in [0.25, 0.3) is 0 Å². The van der Waals surface area contributed by atoms with Gasteiger partial charge >= 0.3 is 0 Å². The molecular formula is C10H13NO2. The first-order valence-corrected chi connectivity index (χ1v) is 4.10. The number of hydrogen-bond acceptors (Lipinski definition) is 3. The Morgan fingerprint density at radius 2 is 2.15 bits per heavy atom. The predicted molar refractivity (Wildman–Crippen MR) is 51.9 cm³/mol. The summed E-state index contributed by atoms with van der Waals surface area (Å²) in [4.78, 5) is 5.00. The van der Waals surface area contributed by atoms with Crippen molar-refractivity contribution >= 4 is 6.21 Å². The van der Waals surface area contributed by atoms with Crippen molar-refractivity contribution in [1.82, 2.24) is 0 Å². The summed E-state index contributed by atoms with van der Waals surface area (Å²) in [6.07, 6.45) is 1.61. The summed E-state index contributed by atoms with van der Waals surface area (Å²) in [7, 11) is 1.64. The largest absolute Gasteiger partial charge is 0.496 e. The fourth-order valence-corrected chi connectivity index (χ4v) is 1.00. The molecule has 0 aliphatic rings. The minimum atomic E-state index is 0.439. The Labute approximate surface area is 78.0 Å². The van der Waals surface area contributed by atoms with Crippen molar-refractivity contribution in [2.24, 2.45) is 5.16 Å². The molecule has 3 nitrogen and oxygen atoms in total. The Morgan fingerprint density at radius 3 is 2.85 bits per heavy atom. The van der Waals surface area contributed by atoms with E-state index in [9.17, 15) is 0 Å². The molecule has 0 radical (unpaired) electrons. The van der Waals surface area contributed by atoms with E-state index in [1.54, 1.807) is 13.3 Å². The van der Waals surface area contributed by atoms with Crippen LogP contribution in [0.25, 0.3) is 0 Å². The van der Waals surface area contributed by atoms with Crippen molar-refractivity contribution in [1.29, 1.82) is 0 Å². The van der Waals surface area contributed by atoms with Crippen LogP contribution in [0.5, 0.6) is 5.75 Å². The van der Waals surface area contributed by atoms with Gasteiger partial charge in [0, 0.05) is 11.8 Å². The lowest BCUT2D eigenvalue weighted by atomic mass is 10.2. The second kappa shape index (κ2) is 5.19. The van der Waals surface area contributed by atoms with E-state index in [4.69, 9.17) is 9.57 Å². The zero-order valence-electron chi connectivity index (χ0n) is 7.86. The second-order valence-corrected chi connectivity index (χ2v) is 2.45. The van der Waals surface area contributed by atoms with E-state index in [-0.39, 0.29) is 0 Å². The maximum atomic E-state index is 5.14. The molecule has 0 aromatic heterocycles. The first kappa shape index (κ1) is 9.58. The van der Waals surface area contributed by atoms with Gasteiger partial charge in [0.05, 0.1) is 7.11 Å². The van der Waals surface area contributed by atoms with Crippen molar-refractivity contribution in [3.8, 4) is 5.75 Å². The highest BCUT2D eigenvalue weighted by Crippen LogP contribution is 2.17. The van der Waals surface area contributed by atoms with E-state index in [0.29, 0.717) is 6.61 Å². The van der Waals surface area contributed by atoms with Crippen molar-refractivity contribution in [2.75, 3.05) is 7.11 Å². The van der Waals surface area contributed by atoms with Crippen molar-refractivity contribution in [3.63, 3.8) is 0 Å². The Hall–Kier alpha value is -1.51. The molecule has 13 heavy (non-hydrogen) atoms. The summed E-state index contributed by atoms with van der Waals surface area (Å²) in [5.74, 6) is 0.828.